The predicted molar refractivity (Wildman–Crippen MR) is 126 cm³/mol. The van der Waals surface area contributed by atoms with Crippen LogP contribution in [0.2, 0.25) is 0 Å². The van der Waals surface area contributed by atoms with Crippen LogP contribution >= 0.6 is 0 Å². The quantitative estimate of drug-likeness (QED) is 0.597. The van der Waals surface area contributed by atoms with E-state index in [4.69, 9.17) is 4.74 Å². The average Bonchev–Trinajstić information content (AvgIpc) is 3.10. The van der Waals surface area contributed by atoms with E-state index < -0.39 is 28.0 Å². The Balaban J connectivity index is 1.53. The van der Waals surface area contributed by atoms with Gasteiger partial charge in [0.1, 0.15) is 5.75 Å². The van der Waals surface area contributed by atoms with Gasteiger partial charge in [0.25, 0.3) is 11.8 Å². The van der Waals surface area contributed by atoms with Crippen molar-refractivity contribution in [2.24, 2.45) is 0 Å². The summed E-state index contributed by atoms with van der Waals surface area (Å²) in [7, 11) is -1.97. The topological polar surface area (TPSA) is 87.2 Å². The number of carbonyl (C=O) groups excluding carboxylic acids is 2. The van der Waals surface area contributed by atoms with Crippen LogP contribution < -0.4 is 9.64 Å². The van der Waals surface area contributed by atoms with E-state index in [1.54, 1.807) is 11.9 Å². The normalized spacial score (nSPS) is 17.3. The minimum absolute atomic E-state index is 0.0490. The first-order valence-electron chi connectivity index (χ1n) is 11.3. The van der Waals surface area contributed by atoms with E-state index in [-0.39, 0.29) is 35.2 Å². The van der Waals surface area contributed by atoms with Gasteiger partial charge in [-0.15, -0.1) is 0 Å². The fourth-order valence-electron chi connectivity index (χ4n) is 4.24. The van der Waals surface area contributed by atoms with E-state index in [0.717, 1.165) is 42.6 Å². The Labute approximate surface area is 207 Å². The lowest BCUT2D eigenvalue weighted by Crippen LogP contribution is -2.49. The first-order chi connectivity index (χ1) is 16.8. The first-order valence-corrected chi connectivity index (χ1v) is 13.1. The molecule has 0 radical (unpaired) electrons. The molecule has 2 heterocycles. The monoisotopic (exact) mass is 525 g/mol. The lowest BCUT2D eigenvalue weighted by atomic mass is 10.1. The molecule has 2 aliphatic heterocycles. The van der Waals surface area contributed by atoms with Crippen molar-refractivity contribution in [3.63, 3.8) is 0 Å². The van der Waals surface area contributed by atoms with Crippen molar-refractivity contribution in [1.29, 1.82) is 0 Å². The highest BCUT2D eigenvalue weighted by Crippen LogP contribution is 2.31. The fourth-order valence-corrected chi connectivity index (χ4v) is 4.88. The fraction of sp³-hybridized carbons (Fsp3) is 0.417. The van der Waals surface area contributed by atoms with Crippen LogP contribution in [-0.4, -0.2) is 81.8 Å². The van der Waals surface area contributed by atoms with Gasteiger partial charge in [-0.1, -0.05) is 6.07 Å². The van der Waals surface area contributed by atoms with E-state index in [1.807, 2.05) is 23.1 Å². The van der Waals surface area contributed by atoms with Crippen LogP contribution in [0.15, 0.2) is 41.3 Å². The van der Waals surface area contributed by atoms with E-state index >= 15 is 0 Å². The van der Waals surface area contributed by atoms with Crippen LogP contribution in [0.25, 0.3) is 0 Å². The number of hydrogen-bond donors (Lipinski definition) is 0. The minimum atomic E-state index is -4.66. The number of carbonyl (C=O) groups is 2. The van der Waals surface area contributed by atoms with Gasteiger partial charge >= 0.3 is 6.18 Å². The number of piperazine rings is 1. The van der Waals surface area contributed by atoms with Gasteiger partial charge in [0.05, 0.1) is 10.5 Å². The average molecular weight is 526 g/mol. The zero-order chi connectivity index (χ0) is 26.4. The Morgan fingerprint density at radius 2 is 1.72 bits per heavy atom. The largest absolute Gasteiger partial charge is 0.480 e. The Bertz CT molecular complexity index is 1300. The Kier molecular flexibility index (Phi) is 6.67. The van der Waals surface area contributed by atoms with Crippen molar-refractivity contribution in [2.45, 2.75) is 30.6 Å². The van der Waals surface area contributed by atoms with E-state index in [2.05, 4.69) is 0 Å². The van der Waals surface area contributed by atoms with E-state index in [9.17, 15) is 31.2 Å². The summed E-state index contributed by atoms with van der Waals surface area (Å²) in [4.78, 5) is 30.6. The molecule has 1 saturated heterocycles. The highest BCUT2D eigenvalue weighted by atomic mass is 32.2. The number of alkyl halides is 3. The number of benzene rings is 2. The molecule has 12 heteroatoms. The molecule has 1 atom stereocenters. The lowest BCUT2D eigenvalue weighted by Gasteiger charge is -2.36. The molecule has 0 aromatic heterocycles. The third kappa shape index (κ3) is 5.13. The molecule has 0 spiro atoms. The number of fused-ring (bicyclic) bond motifs is 1. The molecule has 194 valence electrons. The third-order valence-electron chi connectivity index (χ3n) is 6.38. The summed E-state index contributed by atoms with van der Waals surface area (Å²) in [5, 5.41) is 0. The summed E-state index contributed by atoms with van der Waals surface area (Å²) >= 11 is 0. The van der Waals surface area contributed by atoms with Gasteiger partial charge in [-0.05, 0) is 42.8 Å². The van der Waals surface area contributed by atoms with Crippen LogP contribution in [0.5, 0.6) is 5.75 Å². The van der Waals surface area contributed by atoms with Crippen molar-refractivity contribution in [2.75, 3.05) is 44.4 Å². The Morgan fingerprint density at radius 3 is 2.33 bits per heavy atom. The number of rotatable bonds is 5. The third-order valence-corrected chi connectivity index (χ3v) is 7.49. The molecule has 8 nitrogen and oxygen atoms in total. The smallest absolute Gasteiger partial charge is 0.425 e. The second-order valence-corrected chi connectivity index (χ2v) is 11.0. The van der Waals surface area contributed by atoms with Gasteiger partial charge in [0.15, 0.2) is 15.9 Å². The number of anilines is 1. The summed E-state index contributed by atoms with van der Waals surface area (Å²) in [6, 6.07) is 8.92. The molecule has 0 N–H and O–H groups in total. The summed E-state index contributed by atoms with van der Waals surface area (Å²) in [6.45, 7) is 2.73. The van der Waals surface area contributed by atoms with Crippen LogP contribution in [0, 0.1) is 0 Å². The van der Waals surface area contributed by atoms with Crippen molar-refractivity contribution in [1.82, 2.24) is 9.80 Å². The molecule has 2 aliphatic rings. The number of nitrogens with zero attached hydrogens (tertiary/aromatic N) is 3. The molecule has 0 bridgehead atoms. The minimum Gasteiger partial charge on any atom is -0.480 e. The summed E-state index contributed by atoms with van der Waals surface area (Å²) < 4.78 is 68.3. The summed E-state index contributed by atoms with van der Waals surface area (Å²) in [6.07, 6.45) is -5.90. The number of sulfone groups is 1. The number of halogens is 3. The van der Waals surface area contributed by atoms with E-state index in [0.29, 0.717) is 25.2 Å². The second kappa shape index (κ2) is 9.30. The first kappa shape index (κ1) is 25.8. The van der Waals surface area contributed by atoms with Crippen LogP contribution in [0.3, 0.4) is 0 Å². The Morgan fingerprint density at radius 1 is 1.06 bits per heavy atom. The maximum Gasteiger partial charge on any atom is 0.425 e. The van der Waals surface area contributed by atoms with Crippen LogP contribution in [-0.2, 0) is 16.4 Å². The lowest BCUT2D eigenvalue weighted by molar-refractivity contribution is -0.189. The SMILES string of the molecule is C[C@H](Oc1ccc(S(C)(=O)=O)cc1C(=O)N1CCN(c2ccc3c(c2)C(=O)N(C)C3)CC1)C(F)(F)F. The second-order valence-electron chi connectivity index (χ2n) is 9.01. The van der Waals surface area contributed by atoms with Crippen molar-refractivity contribution in [3.8, 4) is 5.75 Å². The molecule has 36 heavy (non-hydrogen) atoms. The highest BCUT2D eigenvalue weighted by molar-refractivity contribution is 7.90. The van der Waals surface area contributed by atoms with Crippen molar-refractivity contribution in [3.05, 3.63) is 53.1 Å². The zero-order valence-corrected chi connectivity index (χ0v) is 20.8. The highest BCUT2D eigenvalue weighted by Gasteiger charge is 2.39. The van der Waals surface area contributed by atoms with Gasteiger partial charge in [-0.25, -0.2) is 8.42 Å². The molecule has 0 saturated carbocycles. The maximum atomic E-state index is 13.3. The molecule has 2 aromatic carbocycles. The number of ether oxygens (including phenoxy) is 1. The van der Waals surface area contributed by atoms with E-state index in [1.165, 1.54) is 4.90 Å². The van der Waals surface area contributed by atoms with Crippen LogP contribution in [0.4, 0.5) is 18.9 Å². The molecule has 1 fully saturated rings. The summed E-state index contributed by atoms with van der Waals surface area (Å²) in [5.41, 5.74) is 2.19. The number of amides is 2. The van der Waals surface area contributed by atoms with Gasteiger partial charge in [0.2, 0.25) is 0 Å². The van der Waals surface area contributed by atoms with Crippen molar-refractivity contribution >= 4 is 27.3 Å². The molecular weight excluding hydrogens is 499 g/mol. The molecule has 0 aliphatic carbocycles. The molecular formula is C24H26F3N3O5S. The predicted octanol–water partition coefficient (Wildman–Crippen LogP) is 2.97. The standard InChI is InChI=1S/C24H26F3N3O5S/c1-15(24(25,26)27)35-21-7-6-18(36(3,33)34)13-20(21)23(32)30-10-8-29(9-11-30)17-5-4-16-14-28(2)22(31)19(16)12-17/h4-7,12-13,15H,8-11,14H2,1-3H3/t15-/m0/s1. The Hall–Kier alpha value is -3.28. The van der Waals surface area contributed by atoms with Crippen LogP contribution in [0.1, 0.15) is 33.2 Å². The molecule has 2 amide bonds. The molecule has 0 unspecified atom stereocenters. The molecule has 4 rings (SSSR count). The molecule has 2 aromatic rings. The van der Waals surface area contributed by atoms with Gasteiger partial charge < -0.3 is 19.4 Å². The van der Waals surface area contributed by atoms with Gasteiger partial charge in [0, 0.05) is 57.3 Å². The zero-order valence-electron chi connectivity index (χ0n) is 20.0. The summed E-state index contributed by atoms with van der Waals surface area (Å²) in [5.74, 6) is -0.997. The van der Waals surface area contributed by atoms with Gasteiger partial charge in [-0.2, -0.15) is 13.2 Å². The number of hydrogen-bond acceptors (Lipinski definition) is 6. The van der Waals surface area contributed by atoms with Crippen molar-refractivity contribution < 1.29 is 35.9 Å². The van der Waals surface area contributed by atoms with Gasteiger partial charge in [-0.3, -0.25) is 9.59 Å². The maximum absolute atomic E-state index is 13.3.